The van der Waals surface area contributed by atoms with Crippen molar-refractivity contribution in [2.75, 3.05) is 0 Å². The number of aromatic amines is 1. The van der Waals surface area contributed by atoms with E-state index < -0.39 is 0 Å². The second-order valence-corrected chi connectivity index (χ2v) is 3.75. The highest BCUT2D eigenvalue weighted by atomic mass is 79.9. The standard InChI is InChI=1S/C10H7BrN2/c1-6-8(5-12)7-3-2-4-9(11)10(7)13-6/h2-4,13H,1H3. The minimum atomic E-state index is 0.733. The minimum Gasteiger partial charge on any atom is -0.357 e. The number of hydrogen-bond donors (Lipinski definition) is 1. The molecule has 1 heterocycles. The van der Waals surface area contributed by atoms with Gasteiger partial charge in [-0.1, -0.05) is 12.1 Å². The zero-order valence-electron chi connectivity index (χ0n) is 7.06. The van der Waals surface area contributed by atoms with E-state index in [0.717, 1.165) is 26.6 Å². The summed E-state index contributed by atoms with van der Waals surface area (Å²) in [6.07, 6.45) is 0. The van der Waals surface area contributed by atoms with Crippen molar-refractivity contribution in [3.63, 3.8) is 0 Å². The Hall–Kier alpha value is -1.27. The fourth-order valence-corrected chi connectivity index (χ4v) is 1.92. The molecular formula is C10H7BrN2. The van der Waals surface area contributed by atoms with Crippen molar-refractivity contribution in [2.45, 2.75) is 6.92 Å². The fourth-order valence-electron chi connectivity index (χ4n) is 1.46. The molecule has 0 aliphatic rings. The van der Waals surface area contributed by atoms with E-state index in [4.69, 9.17) is 5.26 Å². The number of nitrogens with one attached hydrogen (secondary N) is 1. The maximum absolute atomic E-state index is 8.91. The SMILES string of the molecule is Cc1[nH]c2c(Br)cccc2c1C#N. The van der Waals surface area contributed by atoms with Crippen molar-refractivity contribution in [1.29, 1.82) is 5.26 Å². The van der Waals surface area contributed by atoms with Crippen LogP contribution in [0.15, 0.2) is 22.7 Å². The van der Waals surface area contributed by atoms with Gasteiger partial charge in [0.05, 0.1) is 11.1 Å². The van der Waals surface area contributed by atoms with Crippen LogP contribution in [-0.4, -0.2) is 4.98 Å². The van der Waals surface area contributed by atoms with Gasteiger partial charge in [0.15, 0.2) is 0 Å². The summed E-state index contributed by atoms with van der Waals surface area (Å²) in [5, 5.41) is 9.89. The molecule has 1 aromatic heterocycles. The molecule has 0 saturated carbocycles. The van der Waals surface area contributed by atoms with Crippen LogP contribution in [0.2, 0.25) is 0 Å². The third kappa shape index (κ3) is 1.14. The zero-order chi connectivity index (χ0) is 9.42. The smallest absolute Gasteiger partial charge is 0.102 e. The maximum atomic E-state index is 8.91. The average molecular weight is 235 g/mol. The molecule has 1 N–H and O–H groups in total. The highest BCUT2D eigenvalue weighted by Crippen LogP contribution is 2.27. The van der Waals surface area contributed by atoms with Crippen molar-refractivity contribution >= 4 is 26.8 Å². The van der Waals surface area contributed by atoms with Crippen LogP contribution in [-0.2, 0) is 0 Å². The van der Waals surface area contributed by atoms with Gasteiger partial charge in [0.25, 0.3) is 0 Å². The molecule has 0 unspecified atom stereocenters. The number of rotatable bonds is 0. The third-order valence-electron chi connectivity index (χ3n) is 2.08. The summed E-state index contributed by atoms with van der Waals surface area (Å²) in [6.45, 7) is 1.91. The molecule has 64 valence electrons. The summed E-state index contributed by atoms with van der Waals surface area (Å²) in [6, 6.07) is 8.03. The predicted octanol–water partition coefficient (Wildman–Crippen LogP) is 3.11. The lowest BCUT2D eigenvalue weighted by Gasteiger charge is -1.91. The van der Waals surface area contributed by atoms with Gasteiger partial charge >= 0.3 is 0 Å². The van der Waals surface area contributed by atoms with Gasteiger partial charge in [-0.3, -0.25) is 0 Å². The van der Waals surface area contributed by atoms with E-state index in [9.17, 15) is 0 Å². The summed E-state index contributed by atoms with van der Waals surface area (Å²) in [5.74, 6) is 0. The van der Waals surface area contributed by atoms with Gasteiger partial charge in [0, 0.05) is 15.6 Å². The number of fused-ring (bicyclic) bond motifs is 1. The lowest BCUT2D eigenvalue weighted by molar-refractivity contribution is 1.28. The molecule has 2 aromatic rings. The molecule has 0 bridgehead atoms. The predicted molar refractivity (Wildman–Crippen MR) is 55.5 cm³/mol. The molecule has 0 aliphatic heterocycles. The second kappa shape index (κ2) is 2.90. The Bertz CT molecular complexity index is 505. The van der Waals surface area contributed by atoms with Crippen molar-refractivity contribution in [3.8, 4) is 6.07 Å². The van der Waals surface area contributed by atoms with Gasteiger partial charge in [0.1, 0.15) is 6.07 Å². The lowest BCUT2D eigenvalue weighted by Crippen LogP contribution is -1.73. The first-order valence-corrected chi connectivity index (χ1v) is 4.70. The molecule has 0 fully saturated rings. The van der Waals surface area contributed by atoms with Crippen molar-refractivity contribution < 1.29 is 0 Å². The molecule has 3 heteroatoms. The number of hydrogen-bond acceptors (Lipinski definition) is 1. The van der Waals surface area contributed by atoms with Crippen LogP contribution in [0.4, 0.5) is 0 Å². The molecule has 0 spiro atoms. The molecule has 2 rings (SSSR count). The molecule has 13 heavy (non-hydrogen) atoms. The topological polar surface area (TPSA) is 39.6 Å². The number of nitriles is 1. The van der Waals surface area contributed by atoms with E-state index in [2.05, 4.69) is 27.0 Å². The quantitative estimate of drug-likeness (QED) is 0.748. The summed E-state index contributed by atoms with van der Waals surface area (Å²) in [5.41, 5.74) is 2.65. The van der Waals surface area contributed by atoms with Crippen molar-refractivity contribution in [3.05, 3.63) is 33.9 Å². The van der Waals surface area contributed by atoms with Crippen LogP contribution in [0.3, 0.4) is 0 Å². The van der Waals surface area contributed by atoms with E-state index >= 15 is 0 Å². The Morgan fingerprint density at radius 3 is 2.92 bits per heavy atom. The Morgan fingerprint density at radius 2 is 2.23 bits per heavy atom. The van der Waals surface area contributed by atoms with Crippen LogP contribution in [0, 0.1) is 18.3 Å². The first-order chi connectivity index (χ1) is 6.24. The molecule has 0 radical (unpaired) electrons. The van der Waals surface area contributed by atoms with Crippen LogP contribution < -0.4 is 0 Å². The fraction of sp³-hybridized carbons (Fsp3) is 0.100. The first-order valence-electron chi connectivity index (χ1n) is 3.91. The van der Waals surface area contributed by atoms with Crippen LogP contribution >= 0.6 is 15.9 Å². The molecule has 0 aliphatic carbocycles. The van der Waals surface area contributed by atoms with Crippen molar-refractivity contribution in [2.24, 2.45) is 0 Å². The highest BCUT2D eigenvalue weighted by molar-refractivity contribution is 9.10. The molecule has 2 nitrogen and oxygen atoms in total. The molecular weight excluding hydrogens is 228 g/mol. The Kier molecular flexibility index (Phi) is 1.86. The van der Waals surface area contributed by atoms with Gasteiger partial charge in [-0.15, -0.1) is 0 Å². The van der Waals surface area contributed by atoms with Crippen molar-refractivity contribution in [1.82, 2.24) is 4.98 Å². The Labute approximate surface area is 84.3 Å². The minimum absolute atomic E-state index is 0.733. The zero-order valence-corrected chi connectivity index (χ0v) is 8.64. The lowest BCUT2D eigenvalue weighted by atomic mass is 10.1. The third-order valence-corrected chi connectivity index (χ3v) is 2.74. The van der Waals surface area contributed by atoms with Gasteiger partial charge < -0.3 is 4.98 Å². The average Bonchev–Trinajstić information content (AvgIpc) is 2.43. The summed E-state index contributed by atoms with van der Waals surface area (Å²) >= 11 is 3.43. The van der Waals surface area contributed by atoms with Gasteiger partial charge in [-0.2, -0.15) is 5.26 Å². The molecule has 1 aromatic carbocycles. The van der Waals surface area contributed by atoms with E-state index in [1.165, 1.54) is 0 Å². The highest BCUT2D eigenvalue weighted by Gasteiger charge is 2.08. The first kappa shape index (κ1) is 8.33. The van der Waals surface area contributed by atoms with E-state index in [-0.39, 0.29) is 0 Å². The molecule has 0 amide bonds. The normalized spacial score (nSPS) is 10.2. The van der Waals surface area contributed by atoms with E-state index in [1.807, 2.05) is 25.1 Å². The second-order valence-electron chi connectivity index (χ2n) is 2.90. The van der Waals surface area contributed by atoms with E-state index in [1.54, 1.807) is 0 Å². The van der Waals surface area contributed by atoms with Gasteiger partial charge in [0.2, 0.25) is 0 Å². The number of benzene rings is 1. The molecule has 0 saturated heterocycles. The van der Waals surface area contributed by atoms with Gasteiger partial charge in [-0.05, 0) is 28.9 Å². The number of nitrogens with zero attached hydrogens (tertiary/aromatic N) is 1. The van der Waals surface area contributed by atoms with Crippen LogP contribution in [0.1, 0.15) is 11.3 Å². The summed E-state index contributed by atoms with van der Waals surface area (Å²) < 4.78 is 0.995. The Morgan fingerprint density at radius 1 is 1.46 bits per heavy atom. The van der Waals surface area contributed by atoms with E-state index in [0.29, 0.717) is 0 Å². The summed E-state index contributed by atoms with van der Waals surface area (Å²) in [4.78, 5) is 3.18. The number of halogens is 1. The number of para-hydroxylation sites is 1. The van der Waals surface area contributed by atoms with Crippen LogP contribution in [0.25, 0.3) is 10.9 Å². The number of aromatic nitrogens is 1. The Balaban J connectivity index is 2.96. The molecule has 0 atom stereocenters. The van der Waals surface area contributed by atoms with Gasteiger partial charge in [-0.25, -0.2) is 0 Å². The number of aryl methyl sites for hydroxylation is 1. The van der Waals surface area contributed by atoms with Crippen LogP contribution in [0.5, 0.6) is 0 Å². The monoisotopic (exact) mass is 234 g/mol. The summed E-state index contributed by atoms with van der Waals surface area (Å²) in [7, 11) is 0. The number of H-pyrrole nitrogens is 1. The largest absolute Gasteiger partial charge is 0.357 e. The maximum Gasteiger partial charge on any atom is 0.102 e.